The van der Waals surface area contributed by atoms with E-state index in [1.807, 2.05) is 48.2 Å². The maximum absolute atomic E-state index is 11.4. The van der Waals surface area contributed by atoms with Crippen LogP contribution in [0, 0.1) is 21.4 Å². The van der Waals surface area contributed by atoms with E-state index in [9.17, 15) is 10.1 Å². The van der Waals surface area contributed by atoms with Crippen molar-refractivity contribution in [3.63, 3.8) is 0 Å². The van der Waals surface area contributed by atoms with Crippen molar-refractivity contribution in [2.75, 3.05) is 18.0 Å². The summed E-state index contributed by atoms with van der Waals surface area (Å²) in [5, 5.41) is 20.4. The van der Waals surface area contributed by atoms with Crippen LogP contribution in [0.5, 0.6) is 0 Å². The fraction of sp³-hybridized carbons (Fsp3) is 0.278. The zero-order chi connectivity index (χ0) is 17.1. The second-order valence-electron chi connectivity index (χ2n) is 5.82. The minimum atomic E-state index is -0.437. The number of nitro benzene ring substituents is 1. The Labute approximate surface area is 140 Å². The van der Waals surface area contributed by atoms with Crippen LogP contribution < -0.4 is 4.90 Å². The summed E-state index contributed by atoms with van der Waals surface area (Å²) in [5.41, 5.74) is 1.81. The van der Waals surface area contributed by atoms with E-state index in [4.69, 9.17) is 10.00 Å². The molecule has 0 aliphatic carbocycles. The Bertz CT molecular complexity index is 786. The van der Waals surface area contributed by atoms with Gasteiger partial charge >= 0.3 is 0 Å². The van der Waals surface area contributed by atoms with E-state index in [1.165, 1.54) is 6.07 Å². The van der Waals surface area contributed by atoms with Crippen molar-refractivity contribution in [2.24, 2.45) is 0 Å². The van der Waals surface area contributed by atoms with Gasteiger partial charge in [-0.25, -0.2) is 0 Å². The van der Waals surface area contributed by atoms with E-state index in [0.29, 0.717) is 18.8 Å². The van der Waals surface area contributed by atoms with Gasteiger partial charge in [0.2, 0.25) is 0 Å². The fourth-order valence-electron chi connectivity index (χ4n) is 3.01. The number of nitro groups is 1. The molecule has 0 radical (unpaired) electrons. The normalized spacial score (nSPS) is 20.4. The maximum Gasteiger partial charge on any atom is 0.293 e. The van der Waals surface area contributed by atoms with Crippen LogP contribution in [-0.2, 0) is 4.74 Å². The fourth-order valence-corrected chi connectivity index (χ4v) is 3.01. The topological polar surface area (TPSA) is 79.4 Å². The molecule has 1 aliphatic heterocycles. The third-order valence-corrected chi connectivity index (χ3v) is 4.07. The minimum absolute atomic E-state index is 0.0463. The Morgan fingerprint density at radius 2 is 2.00 bits per heavy atom. The highest BCUT2D eigenvalue weighted by Crippen LogP contribution is 2.34. The van der Waals surface area contributed by atoms with Gasteiger partial charge in [-0.1, -0.05) is 30.3 Å². The molecule has 1 heterocycles. The van der Waals surface area contributed by atoms with Gasteiger partial charge < -0.3 is 9.64 Å². The van der Waals surface area contributed by atoms with Gasteiger partial charge in [-0.3, -0.25) is 10.1 Å². The van der Waals surface area contributed by atoms with E-state index in [-0.39, 0.29) is 23.5 Å². The summed E-state index contributed by atoms with van der Waals surface area (Å²) in [5.74, 6) is 0. The Morgan fingerprint density at radius 1 is 1.25 bits per heavy atom. The minimum Gasteiger partial charge on any atom is -0.367 e. The summed E-state index contributed by atoms with van der Waals surface area (Å²) in [6, 6.07) is 16.4. The van der Waals surface area contributed by atoms with Gasteiger partial charge in [0.15, 0.2) is 0 Å². The number of nitrogens with zero attached hydrogens (tertiary/aromatic N) is 3. The number of benzene rings is 2. The number of morpholine rings is 1. The van der Waals surface area contributed by atoms with Crippen LogP contribution in [0.1, 0.15) is 24.2 Å². The van der Waals surface area contributed by atoms with E-state index >= 15 is 0 Å². The number of anilines is 1. The second kappa shape index (κ2) is 6.69. The molecule has 24 heavy (non-hydrogen) atoms. The monoisotopic (exact) mass is 323 g/mol. The molecule has 0 saturated carbocycles. The second-order valence-corrected chi connectivity index (χ2v) is 5.82. The first kappa shape index (κ1) is 16.0. The van der Waals surface area contributed by atoms with E-state index in [1.54, 1.807) is 12.1 Å². The number of hydrogen-bond donors (Lipinski definition) is 0. The van der Waals surface area contributed by atoms with E-state index in [2.05, 4.69) is 0 Å². The molecule has 2 aromatic carbocycles. The molecule has 6 heteroatoms. The van der Waals surface area contributed by atoms with Crippen molar-refractivity contribution in [1.82, 2.24) is 0 Å². The van der Waals surface area contributed by atoms with Crippen LogP contribution >= 0.6 is 0 Å². The Kier molecular flexibility index (Phi) is 4.45. The molecule has 6 nitrogen and oxygen atoms in total. The summed E-state index contributed by atoms with van der Waals surface area (Å²) >= 11 is 0. The Balaban J connectivity index is 1.94. The van der Waals surface area contributed by atoms with Crippen molar-refractivity contribution in [1.29, 1.82) is 5.26 Å². The molecule has 3 rings (SSSR count). The lowest BCUT2D eigenvalue weighted by atomic mass is 10.1. The zero-order valence-electron chi connectivity index (χ0n) is 13.3. The largest absolute Gasteiger partial charge is 0.367 e. The van der Waals surface area contributed by atoms with Crippen LogP contribution in [-0.4, -0.2) is 24.1 Å². The van der Waals surface area contributed by atoms with Crippen LogP contribution in [0.15, 0.2) is 48.5 Å². The summed E-state index contributed by atoms with van der Waals surface area (Å²) in [4.78, 5) is 12.9. The maximum atomic E-state index is 11.4. The van der Waals surface area contributed by atoms with Crippen molar-refractivity contribution in [3.8, 4) is 6.07 Å². The number of rotatable bonds is 3. The number of nitriles is 1. The first-order valence-corrected chi connectivity index (χ1v) is 7.72. The van der Waals surface area contributed by atoms with Gasteiger partial charge in [-0.15, -0.1) is 0 Å². The highest BCUT2D eigenvalue weighted by Gasteiger charge is 2.30. The van der Waals surface area contributed by atoms with Gasteiger partial charge in [0, 0.05) is 19.2 Å². The summed E-state index contributed by atoms with van der Waals surface area (Å²) in [6.07, 6.45) is -0.204. The zero-order valence-corrected chi connectivity index (χ0v) is 13.3. The molecule has 1 saturated heterocycles. The average Bonchev–Trinajstić information content (AvgIpc) is 2.61. The van der Waals surface area contributed by atoms with Crippen molar-refractivity contribution in [2.45, 2.75) is 19.1 Å². The summed E-state index contributed by atoms with van der Waals surface area (Å²) in [6.45, 7) is 3.05. The SMILES string of the molecule is CC1CN(c2ccc(C#N)cc2[N+](=O)[O-])CC(c2ccccc2)O1. The predicted molar refractivity (Wildman–Crippen MR) is 89.8 cm³/mol. The molecule has 1 aliphatic rings. The highest BCUT2D eigenvalue weighted by atomic mass is 16.6. The predicted octanol–water partition coefficient (Wildman–Crippen LogP) is 3.43. The third-order valence-electron chi connectivity index (χ3n) is 4.07. The van der Waals surface area contributed by atoms with Gasteiger partial charge in [0.1, 0.15) is 11.8 Å². The van der Waals surface area contributed by atoms with E-state index < -0.39 is 4.92 Å². The molecule has 0 aromatic heterocycles. The molecular weight excluding hydrogens is 306 g/mol. The quantitative estimate of drug-likeness (QED) is 0.638. The molecule has 0 spiro atoms. The Hall–Kier alpha value is -2.91. The molecule has 0 bridgehead atoms. The van der Waals surface area contributed by atoms with Crippen LogP contribution in [0.3, 0.4) is 0 Å². The van der Waals surface area contributed by atoms with E-state index in [0.717, 1.165) is 5.56 Å². The van der Waals surface area contributed by atoms with Gasteiger partial charge in [-0.05, 0) is 24.6 Å². The number of hydrogen-bond acceptors (Lipinski definition) is 5. The molecule has 2 aromatic rings. The molecule has 2 unspecified atom stereocenters. The molecular formula is C18H17N3O3. The first-order valence-electron chi connectivity index (χ1n) is 7.72. The van der Waals surface area contributed by atoms with Gasteiger partial charge in [0.05, 0.1) is 22.7 Å². The van der Waals surface area contributed by atoms with Crippen molar-refractivity contribution in [3.05, 3.63) is 69.8 Å². The van der Waals surface area contributed by atoms with Crippen LogP contribution in [0.4, 0.5) is 11.4 Å². The smallest absolute Gasteiger partial charge is 0.293 e. The molecule has 0 N–H and O–H groups in total. The summed E-state index contributed by atoms with van der Waals surface area (Å²) < 4.78 is 6.01. The standard InChI is InChI=1S/C18H17N3O3/c1-13-11-20(12-18(24-13)15-5-3-2-4-6-15)16-8-7-14(10-19)9-17(16)21(22)23/h2-9,13,18H,11-12H2,1H3. The molecule has 122 valence electrons. The van der Waals surface area contributed by atoms with Crippen LogP contribution in [0.2, 0.25) is 0 Å². The molecule has 1 fully saturated rings. The molecule has 0 amide bonds. The highest BCUT2D eigenvalue weighted by molar-refractivity contribution is 5.66. The lowest BCUT2D eigenvalue weighted by molar-refractivity contribution is -0.384. The van der Waals surface area contributed by atoms with Gasteiger partial charge in [-0.2, -0.15) is 5.26 Å². The van der Waals surface area contributed by atoms with Crippen molar-refractivity contribution >= 4 is 11.4 Å². The van der Waals surface area contributed by atoms with Crippen LogP contribution in [0.25, 0.3) is 0 Å². The number of ether oxygens (including phenoxy) is 1. The van der Waals surface area contributed by atoms with Gasteiger partial charge in [0.25, 0.3) is 5.69 Å². The average molecular weight is 323 g/mol. The first-order chi connectivity index (χ1) is 11.6. The van der Waals surface area contributed by atoms with Crippen molar-refractivity contribution < 1.29 is 9.66 Å². The lowest BCUT2D eigenvalue weighted by Gasteiger charge is -2.38. The summed E-state index contributed by atoms with van der Waals surface area (Å²) in [7, 11) is 0. The Morgan fingerprint density at radius 3 is 2.67 bits per heavy atom. The lowest BCUT2D eigenvalue weighted by Crippen LogP contribution is -2.43. The third kappa shape index (κ3) is 3.21. The molecule has 2 atom stereocenters.